The van der Waals surface area contributed by atoms with Gasteiger partial charge in [-0.15, -0.1) is 0 Å². The highest BCUT2D eigenvalue weighted by molar-refractivity contribution is 5.94. The van der Waals surface area contributed by atoms with E-state index in [1.807, 2.05) is 4.90 Å². The van der Waals surface area contributed by atoms with E-state index in [1.54, 1.807) is 0 Å². The molecule has 1 fully saturated rings. The van der Waals surface area contributed by atoms with Crippen LogP contribution in [0.3, 0.4) is 0 Å². The third-order valence-electron chi connectivity index (χ3n) is 3.75. The zero-order chi connectivity index (χ0) is 15.5. The van der Waals surface area contributed by atoms with E-state index in [2.05, 4.69) is 0 Å². The molecule has 0 saturated carbocycles. The summed E-state index contributed by atoms with van der Waals surface area (Å²) in [6, 6.07) is 2.98. The van der Waals surface area contributed by atoms with Gasteiger partial charge in [0.15, 0.2) is 0 Å². The van der Waals surface area contributed by atoms with Gasteiger partial charge in [0.05, 0.1) is 16.8 Å². The SMILES string of the molecule is O=C(O)c1cc(C(F)(F)F)ccc1N1CCCCCCC1. The zero-order valence-electron chi connectivity index (χ0n) is 11.6. The number of carboxylic acid groups (broad SMARTS) is 1. The Morgan fingerprint density at radius 2 is 1.62 bits per heavy atom. The molecule has 0 unspecified atom stereocenters. The molecule has 0 radical (unpaired) electrons. The average Bonchev–Trinajstić information content (AvgIpc) is 2.36. The molecule has 1 heterocycles. The number of hydrogen-bond donors (Lipinski definition) is 1. The third-order valence-corrected chi connectivity index (χ3v) is 3.75. The Morgan fingerprint density at radius 1 is 1.05 bits per heavy atom. The number of rotatable bonds is 2. The minimum absolute atomic E-state index is 0.273. The predicted octanol–water partition coefficient (Wildman–Crippen LogP) is 4.17. The monoisotopic (exact) mass is 301 g/mol. The van der Waals surface area contributed by atoms with Crippen LogP contribution in [0.1, 0.15) is 48.0 Å². The molecule has 1 aromatic rings. The van der Waals surface area contributed by atoms with Crippen LogP contribution < -0.4 is 4.90 Å². The number of carbonyl (C=O) groups is 1. The lowest BCUT2D eigenvalue weighted by atomic mass is 10.0. The van der Waals surface area contributed by atoms with Gasteiger partial charge in [-0.05, 0) is 31.0 Å². The summed E-state index contributed by atoms with van der Waals surface area (Å²) in [6.07, 6.45) is 0.630. The topological polar surface area (TPSA) is 40.5 Å². The highest BCUT2D eigenvalue weighted by Crippen LogP contribution is 2.33. The summed E-state index contributed by atoms with van der Waals surface area (Å²) in [5.41, 5.74) is -0.807. The first-order valence-electron chi connectivity index (χ1n) is 7.09. The van der Waals surface area contributed by atoms with Gasteiger partial charge in [-0.3, -0.25) is 0 Å². The van der Waals surface area contributed by atoms with Crippen molar-refractivity contribution in [2.75, 3.05) is 18.0 Å². The van der Waals surface area contributed by atoms with Crippen molar-refractivity contribution in [3.63, 3.8) is 0 Å². The van der Waals surface area contributed by atoms with Gasteiger partial charge >= 0.3 is 12.1 Å². The van der Waals surface area contributed by atoms with Crippen LogP contribution in [0.15, 0.2) is 18.2 Å². The van der Waals surface area contributed by atoms with Gasteiger partial charge in [0.1, 0.15) is 0 Å². The minimum Gasteiger partial charge on any atom is -0.478 e. The summed E-state index contributed by atoms with van der Waals surface area (Å²) in [6.45, 7) is 1.37. The number of nitrogens with zero attached hydrogens (tertiary/aromatic N) is 1. The Labute approximate surface area is 121 Å². The van der Waals surface area contributed by atoms with Crippen LogP contribution in [0.4, 0.5) is 18.9 Å². The number of aromatic carboxylic acids is 1. The van der Waals surface area contributed by atoms with Crippen molar-refractivity contribution >= 4 is 11.7 Å². The quantitative estimate of drug-likeness (QED) is 0.891. The maximum absolute atomic E-state index is 12.7. The minimum atomic E-state index is -4.53. The molecule has 0 atom stereocenters. The predicted molar refractivity (Wildman–Crippen MR) is 73.7 cm³/mol. The Bertz CT molecular complexity index is 506. The molecule has 0 aliphatic carbocycles. The summed E-state index contributed by atoms with van der Waals surface area (Å²) in [4.78, 5) is 13.2. The fourth-order valence-corrected chi connectivity index (χ4v) is 2.65. The van der Waals surface area contributed by atoms with E-state index in [-0.39, 0.29) is 5.56 Å². The molecule has 1 N–H and O–H groups in total. The number of carboxylic acids is 1. The molecule has 1 aliphatic rings. The van der Waals surface area contributed by atoms with Gasteiger partial charge in [0.2, 0.25) is 0 Å². The third kappa shape index (κ3) is 3.89. The molecule has 1 aromatic carbocycles. The number of alkyl halides is 3. The van der Waals surface area contributed by atoms with E-state index in [0.29, 0.717) is 18.8 Å². The fourth-order valence-electron chi connectivity index (χ4n) is 2.65. The summed E-state index contributed by atoms with van der Waals surface area (Å²) in [7, 11) is 0. The largest absolute Gasteiger partial charge is 0.478 e. The van der Waals surface area contributed by atoms with Crippen molar-refractivity contribution in [2.24, 2.45) is 0 Å². The van der Waals surface area contributed by atoms with Crippen LogP contribution in [0.25, 0.3) is 0 Å². The van der Waals surface area contributed by atoms with Gasteiger partial charge in [-0.1, -0.05) is 19.3 Å². The standard InChI is InChI=1S/C15H18F3NO2/c16-15(17,18)11-6-7-13(12(10-11)14(20)21)19-8-4-2-1-3-5-9-19/h6-7,10H,1-5,8-9H2,(H,20,21). The van der Waals surface area contributed by atoms with Gasteiger partial charge in [0.25, 0.3) is 0 Å². The highest BCUT2D eigenvalue weighted by atomic mass is 19.4. The van der Waals surface area contributed by atoms with E-state index in [4.69, 9.17) is 0 Å². The first-order chi connectivity index (χ1) is 9.89. The molecule has 0 bridgehead atoms. The molecule has 116 valence electrons. The first kappa shape index (κ1) is 15.7. The summed E-state index contributed by atoms with van der Waals surface area (Å²) >= 11 is 0. The van der Waals surface area contributed by atoms with Crippen molar-refractivity contribution in [1.82, 2.24) is 0 Å². The van der Waals surface area contributed by atoms with Crippen molar-refractivity contribution in [3.8, 4) is 0 Å². The molecule has 1 aliphatic heterocycles. The van der Waals surface area contributed by atoms with Crippen molar-refractivity contribution in [1.29, 1.82) is 0 Å². The Hall–Kier alpha value is -1.72. The number of hydrogen-bond acceptors (Lipinski definition) is 2. The van der Waals surface area contributed by atoms with E-state index in [1.165, 1.54) is 6.07 Å². The number of halogens is 3. The molecule has 0 aromatic heterocycles. The van der Waals surface area contributed by atoms with Crippen LogP contribution in [0.5, 0.6) is 0 Å². The lowest BCUT2D eigenvalue weighted by Gasteiger charge is -2.28. The molecular formula is C15H18F3NO2. The van der Waals surface area contributed by atoms with Crippen LogP contribution in [-0.4, -0.2) is 24.2 Å². The Kier molecular flexibility index (Phi) is 4.75. The Morgan fingerprint density at radius 3 is 2.14 bits per heavy atom. The van der Waals surface area contributed by atoms with E-state index < -0.39 is 17.7 Å². The summed E-state index contributed by atoms with van der Waals surface area (Å²) in [5.74, 6) is -1.32. The van der Waals surface area contributed by atoms with Crippen molar-refractivity contribution < 1.29 is 23.1 Å². The van der Waals surface area contributed by atoms with Crippen molar-refractivity contribution in [3.05, 3.63) is 29.3 Å². The number of benzene rings is 1. The van der Waals surface area contributed by atoms with Crippen LogP contribution in [0.2, 0.25) is 0 Å². The molecule has 0 spiro atoms. The first-order valence-corrected chi connectivity index (χ1v) is 7.09. The van der Waals surface area contributed by atoms with E-state index in [0.717, 1.165) is 44.2 Å². The van der Waals surface area contributed by atoms with Crippen LogP contribution >= 0.6 is 0 Å². The zero-order valence-corrected chi connectivity index (χ0v) is 11.6. The molecule has 0 amide bonds. The molecule has 21 heavy (non-hydrogen) atoms. The second kappa shape index (κ2) is 6.37. The lowest BCUT2D eigenvalue weighted by Crippen LogP contribution is -2.28. The maximum Gasteiger partial charge on any atom is 0.416 e. The van der Waals surface area contributed by atoms with Crippen LogP contribution in [-0.2, 0) is 6.18 Å². The van der Waals surface area contributed by atoms with Crippen molar-refractivity contribution in [2.45, 2.75) is 38.3 Å². The second-order valence-corrected chi connectivity index (χ2v) is 5.29. The molecule has 2 rings (SSSR count). The maximum atomic E-state index is 12.7. The Balaban J connectivity index is 2.35. The molecule has 3 nitrogen and oxygen atoms in total. The van der Waals surface area contributed by atoms with Gasteiger partial charge in [0, 0.05) is 13.1 Å². The normalized spacial score (nSPS) is 17.2. The van der Waals surface area contributed by atoms with E-state index in [9.17, 15) is 23.1 Å². The van der Waals surface area contributed by atoms with Crippen LogP contribution in [0, 0.1) is 0 Å². The van der Waals surface area contributed by atoms with Gasteiger partial charge in [-0.2, -0.15) is 13.2 Å². The summed E-state index contributed by atoms with van der Waals surface area (Å²) in [5, 5.41) is 9.22. The fraction of sp³-hybridized carbons (Fsp3) is 0.533. The lowest BCUT2D eigenvalue weighted by molar-refractivity contribution is -0.137. The second-order valence-electron chi connectivity index (χ2n) is 5.29. The smallest absolute Gasteiger partial charge is 0.416 e. The highest BCUT2D eigenvalue weighted by Gasteiger charge is 2.32. The van der Waals surface area contributed by atoms with E-state index >= 15 is 0 Å². The molecule has 1 saturated heterocycles. The molecular weight excluding hydrogens is 283 g/mol. The molecule has 6 heteroatoms. The van der Waals surface area contributed by atoms with Gasteiger partial charge in [-0.25, -0.2) is 4.79 Å². The average molecular weight is 301 g/mol. The summed E-state index contributed by atoms with van der Waals surface area (Å²) < 4.78 is 38.2. The number of anilines is 1. The van der Waals surface area contributed by atoms with Gasteiger partial charge < -0.3 is 10.0 Å².